The number of nitrogens with zero attached hydrogens (tertiary/aromatic N) is 1. The van der Waals surface area contributed by atoms with Gasteiger partial charge in [0.05, 0.1) is 27.0 Å². The highest BCUT2D eigenvalue weighted by Crippen LogP contribution is 2.26. The van der Waals surface area contributed by atoms with Gasteiger partial charge in [0.15, 0.2) is 0 Å². The number of carbonyl (C=O) groups excluding carboxylic acids is 1. The third-order valence-corrected chi connectivity index (χ3v) is 3.88. The number of carbonyl (C=O) groups is 1. The molecular weight excluding hydrogens is 405 g/mol. The molecule has 0 unspecified atom stereocenters. The second kappa shape index (κ2) is 6.91. The fourth-order valence-corrected chi connectivity index (χ4v) is 2.31. The summed E-state index contributed by atoms with van der Waals surface area (Å²) in [6.07, 6.45) is 1.61. The molecule has 0 atom stereocenters. The second-order valence-corrected chi connectivity index (χ2v) is 5.70. The molecule has 108 valence electrons. The summed E-state index contributed by atoms with van der Waals surface area (Å²) < 4.78 is 5.39. The molecule has 2 aromatic rings. The van der Waals surface area contributed by atoms with Crippen molar-refractivity contribution in [1.82, 2.24) is 0 Å². The number of methoxy groups -OCH3 is 1. The molecule has 0 bridgehead atoms. The number of phenols is 1. The van der Waals surface area contributed by atoms with Crippen LogP contribution >= 0.6 is 34.2 Å². The Balaban J connectivity index is 2.31. The number of aliphatic imine (C=N–C) groups is 1. The zero-order valence-corrected chi connectivity index (χ0v) is 13.9. The molecule has 21 heavy (non-hydrogen) atoms. The maximum atomic E-state index is 11.5. The summed E-state index contributed by atoms with van der Waals surface area (Å²) in [5.41, 5.74) is 1.67. The number of aromatic hydroxyl groups is 1. The summed E-state index contributed by atoms with van der Waals surface area (Å²) in [5, 5.41) is 9.91. The van der Waals surface area contributed by atoms with Crippen molar-refractivity contribution in [3.05, 3.63) is 56.1 Å². The number of hydrogen-bond donors (Lipinski definition) is 1. The molecule has 0 aromatic heterocycles. The molecule has 0 amide bonds. The summed E-state index contributed by atoms with van der Waals surface area (Å²) in [4.78, 5) is 15.8. The van der Waals surface area contributed by atoms with Crippen molar-refractivity contribution in [3.8, 4) is 5.75 Å². The topological polar surface area (TPSA) is 58.9 Å². The summed E-state index contributed by atoms with van der Waals surface area (Å²) >= 11 is 8.09. The van der Waals surface area contributed by atoms with E-state index in [1.807, 2.05) is 22.6 Å². The fourth-order valence-electron chi connectivity index (χ4n) is 1.60. The van der Waals surface area contributed by atoms with E-state index in [4.69, 9.17) is 11.6 Å². The number of halogens is 2. The first-order valence-corrected chi connectivity index (χ1v) is 7.37. The molecular formula is C15H11ClINO3. The van der Waals surface area contributed by atoms with Crippen LogP contribution in [-0.4, -0.2) is 24.4 Å². The van der Waals surface area contributed by atoms with E-state index >= 15 is 0 Å². The lowest BCUT2D eigenvalue weighted by molar-refractivity contribution is 0.0601. The Morgan fingerprint density at radius 1 is 1.33 bits per heavy atom. The molecule has 2 aromatic carbocycles. The van der Waals surface area contributed by atoms with E-state index in [1.54, 1.807) is 42.6 Å². The largest absolute Gasteiger partial charge is 0.507 e. The lowest BCUT2D eigenvalue weighted by Crippen LogP contribution is -2.00. The van der Waals surface area contributed by atoms with E-state index in [0.29, 0.717) is 16.3 Å². The van der Waals surface area contributed by atoms with Crippen LogP contribution in [0.3, 0.4) is 0 Å². The first kappa shape index (κ1) is 15.8. The minimum atomic E-state index is -0.442. The van der Waals surface area contributed by atoms with Gasteiger partial charge in [-0.25, -0.2) is 4.79 Å². The highest BCUT2D eigenvalue weighted by molar-refractivity contribution is 14.1. The number of benzene rings is 2. The quantitative estimate of drug-likeness (QED) is 0.465. The van der Waals surface area contributed by atoms with E-state index in [1.165, 1.54) is 7.11 Å². The zero-order valence-electron chi connectivity index (χ0n) is 11.0. The van der Waals surface area contributed by atoms with Crippen molar-refractivity contribution in [1.29, 1.82) is 0 Å². The summed E-state index contributed by atoms with van der Waals surface area (Å²) in [5.74, 6) is -0.222. The van der Waals surface area contributed by atoms with Gasteiger partial charge in [0, 0.05) is 6.21 Å². The summed E-state index contributed by atoms with van der Waals surface area (Å²) in [6, 6.07) is 9.86. The number of hydrogen-bond acceptors (Lipinski definition) is 4. The lowest BCUT2D eigenvalue weighted by Gasteiger charge is -2.03. The minimum absolute atomic E-state index is 0.221. The standard InChI is InChI=1S/C15H11ClINO3/c1-21-15(20)10-3-4-11(16)13(7-10)18-8-9-2-5-14(19)12(17)6-9/h2-8,19H,1H3. The maximum absolute atomic E-state index is 11.5. The third kappa shape index (κ3) is 3.95. The first-order valence-electron chi connectivity index (χ1n) is 5.91. The van der Waals surface area contributed by atoms with Crippen LogP contribution in [-0.2, 0) is 4.74 Å². The number of esters is 1. The van der Waals surface area contributed by atoms with Crippen LogP contribution in [0.2, 0.25) is 5.02 Å². The van der Waals surface area contributed by atoms with E-state index in [9.17, 15) is 9.90 Å². The Morgan fingerprint density at radius 2 is 2.10 bits per heavy atom. The van der Waals surface area contributed by atoms with Gasteiger partial charge in [0.2, 0.25) is 0 Å². The van der Waals surface area contributed by atoms with Crippen LogP contribution in [0.1, 0.15) is 15.9 Å². The van der Waals surface area contributed by atoms with E-state index in [0.717, 1.165) is 9.13 Å². The van der Waals surface area contributed by atoms with Crippen LogP contribution in [0.5, 0.6) is 5.75 Å². The van der Waals surface area contributed by atoms with Gasteiger partial charge in [0.25, 0.3) is 0 Å². The van der Waals surface area contributed by atoms with Crippen molar-refractivity contribution in [2.24, 2.45) is 4.99 Å². The predicted molar refractivity (Wildman–Crippen MR) is 90.9 cm³/mol. The highest BCUT2D eigenvalue weighted by Gasteiger charge is 2.08. The van der Waals surface area contributed by atoms with Crippen molar-refractivity contribution in [2.75, 3.05) is 7.11 Å². The molecule has 2 rings (SSSR count). The smallest absolute Gasteiger partial charge is 0.337 e. The van der Waals surface area contributed by atoms with Gasteiger partial charge in [-0.3, -0.25) is 4.99 Å². The van der Waals surface area contributed by atoms with Crippen LogP contribution < -0.4 is 0 Å². The average molecular weight is 416 g/mol. The van der Waals surface area contributed by atoms with Crippen LogP contribution in [0.25, 0.3) is 0 Å². The zero-order chi connectivity index (χ0) is 15.4. The van der Waals surface area contributed by atoms with Crippen molar-refractivity contribution < 1.29 is 14.6 Å². The number of rotatable bonds is 3. The van der Waals surface area contributed by atoms with Gasteiger partial charge in [-0.1, -0.05) is 11.6 Å². The Bertz CT molecular complexity index is 716. The molecule has 6 heteroatoms. The molecule has 0 saturated heterocycles. The maximum Gasteiger partial charge on any atom is 0.337 e. The van der Waals surface area contributed by atoms with Gasteiger partial charge in [0.1, 0.15) is 5.75 Å². The molecule has 1 N–H and O–H groups in total. The molecule has 0 fully saturated rings. The van der Waals surface area contributed by atoms with Crippen molar-refractivity contribution in [3.63, 3.8) is 0 Å². The third-order valence-electron chi connectivity index (χ3n) is 2.69. The van der Waals surface area contributed by atoms with E-state index < -0.39 is 5.97 Å². The Labute approximate surface area is 140 Å². The van der Waals surface area contributed by atoms with Crippen LogP contribution in [0, 0.1) is 3.57 Å². The van der Waals surface area contributed by atoms with E-state index in [2.05, 4.69) is 9.73 Å². The van der Waals surface area contributed by atoms with Crippen LogP contribution in [0.4, 0.5) is 5.69 Å². The minimum Gasteiger partial charge on any atom is -0.507 e. The van der Waals surface area contributed by atoms with Gasteiger partial charge < -0.3 is 9.84 Å². The number of phenolic OH excluding ortho intramolecular Hbond substituents is 1. The summed E-state index contributed by atoms with van der Waals surface area (Å²) in [6.45, 7) is 0. The molecule has 0 aliphatic heterocycles. The SMILES string of the molecule is COC(=O)c1ccc(Cl)c(N=Cc2ccc(O)c(I)c2)c1. The predicted octanol–water partition coefficient (Wildman–Crippen LogP) is 4.19. The molecule has 0 aliphatic carbocycles. The molecule has 0 radical (unpaired) electrons. The molecule has 0 heterocycles. The Hall–Kier alpha value is -1.60. The van der Waals surface area contributed by atoms with Crippen molar-refractivity contribution in [2.45, 2.75) is 0 Å². The lowest BCUT2D eigenvalue weighted by atomic mass is 10.2. The number of ether oxygens (including phenoxy) is 1. The van der Waals surface area contributed by atoms with Gasteiger partial charge in [-0.15, -0.1) is 0 Å². The molecule has 4 nitrogen and oxygen atoms in total. The molecule has 0 spiro atoms. The highest BCUT2D eigenvalue weighted by atomic mass is 127. The Kier molecular flexibility index (Phi) is 5.19. The Morgan fingerprint density at radius 3 is 2.76 bits per heavy atom. The molecule has 0 saturated carbocycles. The van der Waals surface area contributed by atoms with Crippen LogP contribution in [0.15, 0.2) is 41.4 Å². The second-order valence-electron chi connectivity index (χ2n) is 4.13. The van der Waals surface area contributed by atoms with Gasteiger partial charge in [-0.2, -0.15) is 0 Å². The van der Waals surface area contributed by atoms with Gasteiger partial charge in [-0.05, 0) is 64.6 Å². The van der Waals surface area contributed by atoms with Gasteiger partial charge >= 0.3 is 5.97 Å². The summed E-state index contributed by atoms with van der Waals surface area (Å²) in [7, 11) is 1.32. The molecule has 0 aliphatic rings. The first-order chi connectivity index (χ1) is 10.0. The fraction of sp³-hybridized carbons (Fsp3) is 0.0667. The normalized spacial score (nSPS) is 10.8. The van der Waals surface area contributed by atoms with E-state index in [-0.39, 0.29) is 5.75 Å². The monoisotopic (exact) mass is 415 g/mol. The van der Waals surface area contributed by atoms with Crippen molar-refractivity contribution >= 4 is 52.1 Å². The average Bonchev–Trinajstić information content (AvgIpc) is 2.49.